The molecule has 1 aromatic rings. The quantitative estimate of drug-likeness (QED) is 0.617. The van der Waals surface area contributed by atoms with E-state index in [1.807, 2.05) is 24.3 Å². The minimum absolute atomic E-state index is 0.186. The highest BCUT2D eigenvalue weighted by molar-refractivity contribution is 8.19. The van der Waals surface area contributed by atoms with Crippen molar-refractivity contribution in [2.75, 3.05) is 5.32 Å². The smallest absolute Gasteiger partial charge is 0.266 e. The van der Waals surface area contributed by atoms with Crippen LogP contribution in [-0.2, 0) is 4.79 Å². The Morgan fingerprint density at radius 2 is 1.94 bits per heavy atom. The second-order valence-corrected chi connectivity index (χ2v) is 5.34. The van der Waals surface area contributed by atoms with Crippen LogP contribution in [-0.4, -0.2) is 11.1 Å². The monoisotopic (exact) mass is 249 g/mol. The molecule has 2 aliphatic rings. The van der Waals surface area contributed by atoms with Crippen molar-refractivity contribution in [1.82, 2.24) is 5.32 Å². The number of amides is 1. The highest BCUT2D eigenvalue weighted by Crippen LogP contribution is 2.44. The van der Waals surface area contributed by atoms with Crippen molar-refractivity contribution < 1.29 is 4.79 Å². The van der Waals surface area contributed by atoms with Gasteiger partial charge in [0.1, 0.15) is 4.91 Å². The number of rotatable bonds is 0. The van der Waals surface area contributed by atoms with Gasteiger partial charge in [-0.25, -0.2) is 0 Å². The number of carbonyl (C=O) groups excluding carboxylic acids is 1. The lowest BCUT2D eigenvalue weighted by Gasteiger charge is -1.99. The first-order valence-electron chi connectivity index (χ1n) is 4.60. The first-order chi connectivity index (χ1) is 7.74. The van der Waals surface area contributed by atoms with Gasteiger partial charge in [-0.1, -0.05) is 23.9 Å². The van der Waals surface area contributed by atoms with Gasteiger partial charge in [0.15, 0.2) is 5.17 Å². The third-order valence-electron chi connectivity index (χ3n) is 2.19. The molecule has 2 aliphatic heterocycles. The SMILES string of the molecule is N=C1NC(=O)C(=C2Nc3ccccc3S2)S1. The lowest BCUT2D eigenvalue weighted by atomic mass is 10.3. The van der Waals surface area contributed by atoms with E-state index in [4.69, 9.17) is 5.41 Å². The first-order valence-corrected chi connectivity index (χ1v) is 6.23. The Labute approximate surface area is 100 Å². The molecule has 6 heteroatoms. The summed E-state index contributed by atoms with van der Waals surface area (Å²) in [5, 5.41) is 14.0. The Hall–Kier alpha value is -1.40. The van der Waals surface area contributed by atoms with Gasteiger partial charge in [-0.2, -0.15) is 0 Å². The van der Waals surface area contributed by atoms with Crippen LogP contribution in [0.2, 0.25) is 0 Å². The maximum absolute atomic E-state index is 11.5. The fourth-order valence-corrected chi connectivity index (χ4v) is 3.33. The molecule has 0 saturated carbocycles. The van der Waals surface area contributed by atoms with Crippen LogP contribution in [0.15, 0.2) is 39.1 Å². The van der Waals surface area contributed by atoms with Crippen molar-refractivity contribution in [2.45, 2.75) is 4.90 Å². The van der Waals surface area contributed by atoms with Crippen LogP contribution in [0.1, 0.15) is 0 Å². The number of para-hydroxylation sites is 1. The predicted octanol–water partition coefficient (Wildman–Crippen LogP) is 2.17. The Morgan fingerprint density at radius 3 is 2.62 bits per heavy atom. The van der Waals surface area contributed by atoms with E-state index in [1.165, 1.54) is 11.8 Å². The summed E-state index contributed by atoms with van der Waals surface area (Å²) in [5.41, 5.74) is 1.02. The Morgan fingerprint density at radius 1 is 1.12 bits per heavy atom. The van der Waals surface area contributed by atoms with E-state index in [2.05, 4.69) is 10.6 Å². The number of carbonyl (C=O) groups is 1. The van der Waals surface area contributed by atoms with Gasteiger partial charge in [0.2, 0.25) is 0 Å². The third kappa shape index (κ3) is 1.50. The molecule has 0 spiro atoms. The number of fused-ring (bicyclic) bond motifs is 1. The summed E-state index contributed by atoms with van der Waals surface area (Å²) < 4.78 is 0. The Bertz CT molecular complexity index is 512. The molecule has 2 heterocycles. The zero-order valence-corrected chi connectivity index (χ0v) is 9.67. The van der Waals surface area contributed by atoms with Crippen molar-refractivity contribution in [3.8, 4) is 0 Å². The van der Waals surface area contributed by atoms with E-state index in [-0.39, 0.29) is 11.1 Å². The number of hydrogen-bond donors (Lipinski definition) is 3. The second-order valence-electron chi connectivity index (χ2n) is 3.27. The van der Waals surface area contributed by atoms with Gasteiger partial charge >= 0.3 is 0 Å². The van der Waals surface area contributed by atoms with Crippen molar-refractivity contribution in [2.24, 2.45) is 0 Å². The van der Waals surface area contributed by atoms with Crippen LogP contribution in [0, 0.1) is 5.41 Å². The number of hydrogen-bond acceptors (Lipinski definition) is 5. The molecule has 1 fully saturated rings. The Balaban J connectivity index is 1.99. The summed E-state index contributed by atoms with van der Waals surface area (Å²) in [5.74, 6) is -0.196. The molecule has 0 radical (unpaired) electrons. The van der Waals surface area contributed by atoms with Crippen molar-refractivity contribution in [1.29, 1.82) is 5.41 Å². The molecular weight excluding hydrogens is 242 g/mol. The van der Waals surface area contributed by atoms with Gasteiger partial charge in [0, 0.05) is 4.90 Å². The van der Waals surface area contributed by atoms with E-state index in [0.29, 0.717) is 4.91 Å². The molecule has 0 bridgehead atoms. The molecule has 0 aromatic heterocycles. The van der Waals surface area contributed by atoms with Crippen LogP contribution >= 0.6 is 23.5 Å². The van der Waals surface area contributed by atoms with Crippen LogP contribution in [0.25, 0.3) is 0 Å². The van der Waals surface area contributed by atoms with Crippen molar-refractivity contribution in [3.63, 3.8) is 0 Å². The molecule has 0 unspecified atom stereocenters. The summed E-state index contributed by atoms with van der Waals surface area (Å²) in [6.07, 6.45) is 0. The average Bonchev–Trinajstić information content (AvgIpc) is 2.81. The summed E-state index contributed by atoms with van der Waals surface area (Å²) in [6.45, 7) is 0. The van der Waals surface area contributed by atoms with Gasteiger partial charge in [-0.3, -0.25) is 10.2 Å². The molecule has 80 valence electrons. The zero-order valence-electron chi connectivity index (χ0n) is 8.03. The van der Waals surface area contributed by atoms with Crippen LogP contribution in [0.5, 0.6) is 0 Å². The predicted molar refractivity (Wildman–Crippen MR) is 66.4 cm³/mol. The van der Waals surface area contributed by atoms with E-state index in [1.54, 1.807) is 0 Å². The number of anilines is 1. The van der Waals surface area contributed by atoms with Gasteiger partial charge in [-0.05, 0) is 23.9 Å². The van der Waals surface area contributed by atoms with Crippen molar-refractivity contribution in [3.05, 3.63) is 34.2 Å². The maximum Gasteiger partial charge on any atom is 0.266 e. The van der Waals surface area contributed by atoms with E-state index >= 15 is 0 Å². The molecule has 3 N–H and O–H groups in total. The fraction of sp³-hybridized carbons (Fsp3) is 0. The molecule has 1 saturated heterocycles. The van der Waals surface area contributed by atoms with Crippen LogP contribution < -0.4 is 10.6 Å². The summed E-state index contributed by atoms with van der Waals surface area (Å²) >= 11 is 2.69. The average molecular weight is 249 g/mol. The standard InChI is InChI=1S/C10H7N3OS2/c11-10-13-8(14)7(16-10)9-12-5-3-1-2-4-6(5)15-9/h1-4,12H,(H2,11,13,14). The topological polar surface area (TPSA) is 65.0 Å². The van der Waals surface area contributed by atoms with Crippen molar-refractivity contribution >= 4 is 40.3 Å². The minimum Gasteiger partial charge on any atom is -0.348 e. The van der Waals surface area contributed by atoms with Gasteiger partial charge in [0.25, 0.3) is 5.91 Å². The summed E-state index contributed by atoms with van der Waals surface area (Å²) in [7, 11) is 0. The number of benzene rings is 1. The number of amidine groups is 1. The highest BCUT2D eigenvalue weighted by Gasteiger charge is 2.29. The third-order valence-corrected chi connectivity index (χ3v) is 4.31. The van der Waals surface area contributed by atoms with Gasteiger partial charge in [-0.15, -0.1) is 0 Å². The molecule has 3 rings (SSSR count). The molecule has 1 amide bonds. The van der Waals surface area contributed by atoms with E-state index in [9.17, 15) is 4.79 Å². The Kier molecular flexibility index (Phi) is 2.19. The first kappa shape index (κ1) is 9.80. The van der Waals surface area contributed by atoms with Gasteiger partial charge in [0.05, 0.1) is 10.7 Å². The molecule has 0 atom stereocenters. The maximum atomic E-state index is 11.5. The van der Waals surface area contributed by atoms with E-state index in [0.717, 1.165) is 27.4 Å². The minimum atomic E-state index is -0.196. The molecular formula is C10H7N3OS2. The normalized spacial score (nSPS) is 23.0. The van der Waals surface area contributed by atoms with Gasteiger partial charge < -0.3 is 10.6 Å². The van der Waals surface area contributed by atoms with Crippen LogP contribution in [0.4, 0.5) is 5.69 Å². The zero-order chi connectivity index (χ0) is 11.1. The fourth-order valence-electron chi connectivity index (χ4n) is 1.50. The van der Waals surface area contributed by atoms with E-state index < -0.39 is 0 Å². The summed E-state index contributed by atoms with van der Waals surface area (Å²) in [4.78, 5) is 13.2. The molecule has 16 heavy (non-hydrogen) atoms. The number of nitrogens with one attached hydrogen (secondary N) is 3. The lowest BCUT2D eigenvalue weighted by Crippen LogP contribution is -2.19. The molecule has 1 aromatic carbocycles. The second kappa shape index (κ2) is 3.57. The largest absolute Gasteiger partial charge is 0.348 e. The van der Waals surface area contributed by atoms with Crippen LogP contribution in [0.3, 0.4) is 0 Å². The lowest BCUT2D eigenvalue weighted by molar-refractivity contribution is -0.115. The highest BCUT2D eigenvalue weighted by atomic mass is 32.2. The molecule has 4 nitrogen and oxygen atoms in total. The summed E-state index contributed by atoms with van der Waals surface area (Å²) in [6, 6.07) is 7.89. The molecule has 0 aliphatic carbocycles. The number of thioether (sulfide) groups is 2.